The maximum Gasteiger partial charge on any atom is 0.333 e. The zero-order valence-electron chi connectivity index (χ0n) is 21.4. The Morgan fingerprint density at radius 2 is 1.56 bits per heavy atom. The van der Waals surface area contributed by atoms with Crippen molar-refractivity contribution >= 4 is 16.7 Å². The molecule has 2 aromatic carbocycles. The first kappa shape index (κ1) is 27.7. The molecular weight excluding hydrogens is 428 g/mol. The summed E-state index contributed by atoms with van der Waals surface area (Å²) in [6.07, 6.45) is 6.14. The number of hydrogen-bond donors (Lipinski definition) is 0. The van der Waals surface area contributed by atoms with E-state index in [1.165, 1.54) is 12.8 Å². The molecule has 2 unspecified atom stereocenters. The Hall–Kier alpha value is -2.53. The third-order valence-corrected chi connectivity index (χ3v) is 5.89. The fourth-order valence-corrected chi connectivity index (χ4v) is 3.80. The van der Waals surface area contributed by atoms with E-state index in [2.05, 4.69) is 27.4 Å². The van der Waals surface area contributed by atoms with E-state index >= 15 is 0 Å². The summed E-state index contributed by atoms with van der Waals surface area (Å²) in [4.78, 5) is 12.2. The van der Waals surface area contributed by atoms with Crippen LogP contribution in [0, 0.1) is 5.92 Å². The van der Waals surface area contributed by atoms with Crippen LogP contribution in [-0.4, -0.2) is 38.5 Å². The lowest BCUT2D eigenvalue weighted by atomic mass is 9.98. The van der Waals surface area contributed by atoms with Crippen molar-refractivity contribution in [3.8, 4) is 11.5 Å². The molecule has 0 aliphatic carbocycles. The molecule has 0 radical (unpaired) electrons. The van der Waals surface area contributed by atoms with Gasteiger partial charge in [0.05, 0.1) is 13.2 Å². The largest absolute Gasteiger partial charge is 0.493 e. The van der Waals surface area contributed by atoms with Crippen LogP contribution in [0.15, 0.2) is 48.6 Å². The van der Waals surface area contributed by atoms with Crippen molar-refractivity contribution in [1.29, 1.82) is 0 Å². The second-order valence-corrected chi connectivity index (χ2v) is 8.85. The topological polar surface area (TPSA) is 54.0 Å². The van der Waals surface area contributed by atoms with Crippen molar-refractivity contribution in [3.05, 3.63) is 48.6 Å². The van der Waals surface area contributed by atoms with Gasteiger partial charge in [-0.15, -0.1) is 0 Å². The first-order valence-electron chi connectivity index (χ1n) is 12.7. The van der Waals surface area contributed by atoms with Crippen LogP contribution in [0.3, 0.4) is 0 Å². The summed E-state index contributed by atoms with van der Waals surface area (Å²) >= 11 is 0. The first-order valence-corrected chi connectivity index (χ1v) is 12.7. The van der Waals surface area contributed by atoms with Gasteiger partial charge in [0.2, 0.25) is 0 Å². The Balaban J connectivity index is 2.04. The SMILES string of the molecule is C=C(C)C(=O)OC(COCCC(CC)CCC)COc1ccc(OCCCC)c2ccccc12. The van der Waals surface area contributed by atoms with Gasteiger partial charge >= 0.3 is 5.97 Å². The molecule has 2 atom stereocenters. The third kappa shape index (κ3) is 9.02. The molecule has 0 N–H and O–H groups in total. The molecule has 0 saturated carbocycles. The highest BCUT2D eigenvalue weighted by Gasteiger charge is 2.18. The van der Waals surface area contributed by atoms with Crippen LogP contribution in [0.2, 0.25) is 0 Å². The molecule has 0 aliphatic rings. The minimum atomic E-state index is -0.519. The summed E-state index contributed by atoms with van der Waals surface area (Å²) in [7, 11) is 0. The molecule has 0 aromatic heterocycles. The van der Waals surface area contributed by atoms with E-state index in [-0.39, 0.29) is 13.2 Å². The minimum absolute atomic E-state index is 0.200. The predicted molar refractivity (Wildman–Crippen MR) is 139 cm³/mol. The van der Waals surface area contributed by atoms with Crippen molar-refractivity contribution in [2.45, 2.75) is 72.3 Å². The molecule has 5 nitrogen and oxygen atoms in total. The standard InChI is InChI=1S/C29H42O5/c1-6-9-18-32-27-15-16-28(26-14-11-10-13-25(26)27)33-21-24(34-29(30)22(4)5)20-31-19-17-23(8-3)12-7-2/h10-11,13-16,23-24H,4,6-9,12,17-21H2,1-3,5H3. The number of esters is 1. The predicted octanol–water partition coefficient (Wildman–Crippen LogP) is 7.12. The van der Waals surface area contributed by atoms with Crippen LogP contribution in [0.4, 0.5) is 0 Å². The van der Waals surface area contributed by atoms with E-state index in [4.69, 9.17) is 18.9 Å². The molecule has 0 spiro atoms. The smallest absolute Gasteiger partial charge is 0.333 e. The van der Waals surface area contributed by atoms with E-state index in [1.807, 2.05) is 36.4 Å². The summed E-state index contributed by atoms with van der Waals surface area (Å²) in [5.74, 6) is 1.81. The number of rotatable bonds is 17. The molecule has 0 amide bonds. The first-order chi connectivity index (χ1) is 16.5. The maximum atomic E-state index is 12.2. The Labute approximate surface area is 205 Å². The van der Waals surface area contributed by atoms with Gasteiger partial charge < -0.3 is 18.9 Å². The average Bonchev–Trinajstić information content (AvgIpc) is 2.84. The second-order valence-electron chi connectivity index (χ2n) is 8.85. The summed E-state index contributed by atoms with van der Waals surface area (Å²) in [6, 6.07) is 11.9. The van der Waals surface area contributed by atoms with Gasteiger partial charge in [0, 0.05) is 23.0 Å². The highest BCUT2D eigenvalue weighted by atomic mass is 16.6. The van der Waals surface area contributed by atoms with E-state index in [0.29, 0.717) is 24.7 Å². The fourth-order valence-electron chi connectivity index (χ4n) is 3.80. The molecule has 0 aliphatic heterocycles. The number of unbranched alkanes of at least 4 members (excludes halogenated alkanes) is 1. The normalized spacial score (nSPS) is 12.8. The van der Waals surface area contributed by atoms with Gasteiger partial charge in [0.15, 0.2) is 6.10 Å². The number of carbonyl (C=O) groups is 1. The monoisotopic (exact) mass is 470 g/mol. The highest BCUT2D eigenvalue weighted by Crippen LogP contribution is 2.33. The van der Waals surface area contributed by atoms with Crippen molar-refractivity contribution < 1.29 is 23.7 Å². The fraction of sp³-hybridized carbons (Fsp3) is 0.552. The van der Waals surface area contributed by atoms with Crippen LogP contribution in [0.25, 0.3) is 10.8 Å². The minimum Gasteiger partial charge on any atom is -0.493 e. The lowest BCUT2D eigenvalue weighted by Gasteiger charge is -2.21. The van der Waals surface area contributed by atoms with Gasteiger partial charge in [-0.3, -0.25) is 0 Å². The van der Waals surface area contributed by atoms with Gasteiger partial charge in [0.1, 0.15) is 18.1 Å². The van der Waals surface area contributed by atoms with E-state index < -0.39 is 12.1 Å². The highest BCUT2D eigenvalue weighted by molar-refractivity contribution is 5.93. The lowest BCUT2D eigenvalue weighted by Crippen LogP contribution is -2.30. The number of fused-ring (bicyclic) bond motifs is 1. The lowest BCUT2D eigenvalue weighted by molar-refractivity contribution is -0.149. The summed E-state index contributed by atoms with van der Waals surface area (Å²) < 4.78 is 23.6. The van der Waals surface area contributed by atoms with Crippen molar-refractivity contribution in [2.75, 3.05) is 26.4 Å². The summed E-state index contributed by atoms with van der Waals surface area (Å²) in [6.45, 7) is 13.7. The van der Waals surface area contributed by atoms with E-state index in [0.717, 1.165) is 48.0 Å². The van der Waals surface area contributed by atoms with Crippen LogP contribution in [0.5, 0.6) is 11.5 Å². The molecule has 0 fully saturated rings. The van der Waals surface area contributed by atoms with Crippen LogP contribution < -0.4 is 9.47 Å². The molecule has 0 heterocycles. The average molecular weight is 471 g/mol. The molecule has 5 heteroatoms. The second kappa shape index (κ2) is 15.4. The summed E-state index contributed by atoms with van der Waals surface area (Å²) in [5.41, 5.74) is 0.359. The van der Waals surface area contributed by atoms with Gasteiger partial charge in [-0.2, -0.15) is 0 Å². The van der Waals surface area contributed by atoms with Crippen LogP contribution in [-0.2, 0) is 14.3 Å². The number of carbonyl (C=O) groups excluding carboxylic acids is 1. The van der Waals surface area contributed by atoms with Crippen molar-refractivity contribution in [1.82, 2.24) is 0 Å². The third-order valence-electron chi connectivity index (χ3n) is 5.89. The van der Waals surface area contributed by atoms with Crippen LogP contribution in [0.1, 0.15) is 66.2 Å². The molecule has 0 bridgehead atoms. The Kier molecular flexibility index (Phi) is 12.5. The Morgan fingerprint density at radius 3 is 2.15 bits per heavy atom. The zero-order valence-corrected chi connectivity index (χ0v) is 21.4. The Morgan fingerprint density at radius 1 is 0.882 bits per heavy atom. The molecule has 2 rings (SSSR count). The number of benzene rings is 2. The van der Waals surface area contributed by atoms with Gasteiger partial charge in [0.25, 0.3) is 0 Å². The molecular formula is C29H42O5. The molecule has 34 heavy (non-hydrogen) atoms. The van der Waals surface area contributed by atoms with Gasteiger partial charge in [-0.05, 0) is 37.8 Å². The summed E-state index contributed by atoms with van der Waals surface area (Å²) in [5, 5.41) is 1.97. The molecule has 188 valence electrons. The number of ether oxygens (including phenoxy) is 4. The van der Waals surface area contributed by atoms with Crippen molar-refractivity contribution in [2.24, 2.45) is 5.92 Å². The Bertz CT molecular complexity index is 891. The zero-order chi connectivity index (χ0) is 24.8. The molecule has 2 aromatic rings. The van der Waals surface area contributed by atoms with Gasteiger partial charge in [-0.1, -0.05) is 77.3 Å². The van der Waals surface area contributed by atoms with E-state index in [9.17, 15) is 4.79 Å². The molecule has 0 saturated heterocycles. The maximum absolute atomic E-state index is 12.2. The number of hydrogen-bond acceptors (Lipinski definition) is 5. The van der Waals surface area contributed by atoms with Crippen LogP contribution >= 0.6 is 0 Å². The van der Waals surface area contributed by atoms with Crippen molar-refractivity contribution in [3.63, 3.8) is 0 Å². The van der Waals surface area contributed by atoms with E-state index in [1.54, 1.807) is 6.92 Å². The van der Waals surface area contributed by atoms with Gasteiger partial charge in [-0.25, -0.2) is 4.79 Å². The quantitative estimate of drug-likeness (QED) is 0.140.